The molecule has 1 saturated heterocycles. The number of hydrogen-bond acceptors (Lipinski definition) is 7. The third kappa shape index (κ3) is 6.22. The number of nitrogens with one attached hydrogen (secondary N) is 1. The topological polar surface area (TPSA) is 76.8 Å². The minimum absolute atomic E-state index is 0.135. The Labute approximate surface area is 198 Å². The van der Waals surface area contributed by atoms with E-state index in [2.05, 4.69) is 22.2 Å². The molecule has 8 heteroatoms. The molecule has 3 heterocycles. The van der Waals surface area contributed by atoms with Gasteiger partial charge in [0.15, 0.2) is 10.8 Å². The van der Waals surface area contributed by atoms with E-state index in [4.69, 9.17) is 13.9 Å². The number of thiazole rings is 1. The van der Waals surface area contributed by atoms with Crippen LogP contribution in [0.1, 0.15) is 39.5 Å². The molecule has 0 saturated carbocycles. The number of rotatable bonds is 9. The van der Waals surface area contributed by atoms with E-state index >= 15 is 0 Å². The lowest BCUT2D eigenvalue weighted by Crippen LogP contribution is -2.38. The van der Waals surface area contributed by atoms with Crippen molar-refractivity contribution in [1.82, 2.24) is 15.2 Å². The molecular formula is C25H31N3O4S. The van der Waals surface area contributed by atoms with Crippen LogP contribution in [0.15, 0.2) is 40.8 Å². The number of benzene rings is 1. The molecule has 1 amide bonds. The Morgan fingerprint density at radius 2 is 2.06 bits per heavy atom. The Kier molecular flexibility index (Phi) is 7.80. The molecule has 176 valence electrons. The van der Waals surface area contributed by atoms with Crippen LogP contribution in [0.25, 0.3) is 10.8 Å². The predicted octanol–water partition coefficient (Wildman–Crippen LogP) is 4.44. The van der Waals surface area contributed by atoms with Crippen molar-refractivity contribution in [2.24, 2.45) is 0 Å². The molecule has 1 aliphatic heterocycles. The first kappa shape index (κ1) is 23.5. The van der Waals surface area contributed by atoms with Crippen molar-refractivity contribution in [1.29, 1.82) is 0 Å². The molecule has 4 rings (SSSR count). The quantitative estimate of drug-likeness (QED) is 0.499. The minimum atomic E-state index is -0.135. The molecule has 0 aliphatic carbocycles. The third-order valence-corrected chi connectivity index (χ3v) is 7.00. The summed E-state index contributed by atoms with van der Waals surface area (Å²) >= 11 is 1.34. The van der Waals surface area contributed by atoms with Gasteiger partial charge in [0, 0.05) is 32.3 Å². The number of likely N-dealkylation sites (N-methyl/N-ethyl adjacent to an activating group) is 1. The Morgan fingerprint density at radius 3 is 2.82 bits per heavy atom. The van der Waals surface area contributed by atoms with E-state index in [0.29, 0.717) is 40.5 Å². The largest absolute Gasteiger partial charge is 0.492 e. The first-order valence-corrected chi connectivity index (χ1v) is 12.1. The molecule has 0 atom stereocenters. The second-order valence-electron chi connectivity index (χ2n) is 8.35. The highest BCUT2D eigenvalue weighted by atomic mass is 32.1. The zero-order valence-corrected chi connectivity index (χ0v) is 20.2. The van der Waals surface area contributed by atoms with E-state index in [1.807, 2.05) is 50.2 Å². The summed E-state index contributed by atoms with van der Waals surface area (Å²) in [5.74, 6) is 2.18. The number of amides is 1. The van der Waals surface area contributed by atoms with Gasteiger partial charge in [-0.15, -0.1) is 11.3 Å². The van der Waals surface area contributed by atoms with Crippen LogP contribution in [0.3, 0.4) is 0 Å². The molecular weight excluding hydrogens is 438 g/mol. The fourth-order valence-electron chi connectivity index (χ4n) is 3.89. The lowest BCUT2D eigenvalue weighted by Gasteiger charge is -2.31. The Hall–Kier alpha value is -2.68. The van der Waals surface area contributed by atoms with Crippen molar-refractivity contribution in [3.05, 3.63) is 58.3 Å². The fourth-order valence-corrected chi connectivity index (χ4v) is 4.83. The smallest absolute Gasteiger partial charge is 0.263 e. The third-order valence-electron chi connectivity index (χ3n) is 5.83. The van der Waals surface area contributed by atoms with E-state index in [1.165, 1.54) is 11.3 Å². The van der Waals surface area contributed by atoms with Gasteiger partial charge >= 0.3 is 0 Å². The SMILES string of the molecule is Cc1ccc(-c2nc(C)c(C(=O)NCc3cccc(OCCN(C)C4CCOCC4)c3)s2)o1. The molecule has 2 aromatic heterocycles. The summed E-state index contributed by atoms with van der Waals surface area (Å²) in [6, 6.07) is 12.2. The average molecular weight is 470 g/mol. The summed E-state index contributed by atoms with van der Waals surface area (Å²) in [5, 5.41) is 3.71. The Balaban J connectivity index is 1.28. The molecule has 1 N–H and O–H groups in total. The standard InChI is InChI=1S/C25H31N3O4S/c1-17-7-8-22(32-17)25-27-18(2)23(33-25)24(29)26-16-19-5-4-6-21(15-19)31-14-11-28(3)20-9-12-30-13-10-20/h4-8,15,20H,9-14,16H2,1-3H3,(H,26,29). The average Bonchev–Trinajstić information content (AvgIpc) is 3.44. The number of carbonyl (C=O) groups is 1. The number of nitrogens with zero attached hydrogens (tertiary/aromatic N) is 2. The molecule has 0 unspecified atom stereocenters. The molecule has 0 radical (unpaired) electrons. The van der Waals surface area contributed by atoms with Crippen LogP contribution in [-0.2, 0) is 11.3 Å². The van der Waals surface area contributed by atoms with Crippen LogP contribution in [0.5, 0.6) is 5.75 Å². The number of furan rings is 1. The second kappa shape index (κ2) is 11.0. The Bertz CT molecular complexity index is 1070. The summed E-state index contributed by atoms with van der Waals surface area (Å²) in [6.07, 6.45) is 2.15. The number of aromatic nitrogens is 1. The zero-order chi connectivity index (χ0) is 23.2. The zero-order valence-electron chi connectivity index (χ0n) is 19.4. The van der Waals surface area contributed by atoms with Gasteiger partial charge in [0.1, 0.15) is 23.0 Å². The highest BCUT2D eigenvalue weighted by Crippen LogP contribution is 2.29. The van der Waals surface area contributed by atoms with Crippen LogP contribution < -0.4 is 10.1 Å². The van der Waals surface area contributed by atoms with E-state index < -0.39 is 0 Å². The van der Waals surface area contributed by atoms with Gasteiger partial charge in [-0.1, -0.05) is 12.1 Å². The molecule has 3 aromatic rings. The summed E-state index contributed by atoms with van der Waals surface area (Å²) in [7, 11) is 2.14. The van der Waals surface area contributed by atoms with Gasteiger partial charge in [-0.05, 0) is 63.6 Å². The van der Waals surface area contributed by atoms with Crippen LogP contribution in [-0.4, -0.2) is 55.2 Å². The lowest BCUT2D eigenvalue weighted by atomic mass is 10.1. The fraction of sp³-hybridized carbons (Fsp3) is 0.440. The monoisotopic (exact) mass is 469 g/mol. The molecule has 1 aliphatic rings. The highest BCUT2D eigenvalue weighted by molar-refractivity contribution is 7.17. The molecule has 0 bridgehead atoms. The van der Waals surface area contributed by atoms with Crippen molar-refractivity contribution >= 4 is 17.2 Å². The second-order valence-corrected chi connectivity index (χ2v) is 9.35. The van der Waals surface area contributed by atoms with Crippen LogP contribution >= 0.6 is 11.3 Å². The van der Waals surface area contributed by atoms with E-state index in [-0.39, 0.29) is 5.91 Å². The molecule has 1 fully saturated rings. The Morgan fingerprint density at radius 1 is 1.24 bits per heavy atom. The van der Waals surface area contributed by atoms with Crippen LogP contribution in [0.2, 0.25) is 0 Å². The van der Waals surface area contributed by atoms with E-state index in [9.17, 15) is 4.79 Å². The summed E-state index contributed by atoms with van der Waals surface area (Å²) in [5.41, 5.74) is 1.69. The van der Waals surface area contributed by atoms with Crippen LogP contribution in [0.4, 0.5) is 0 Å². The van der Waals surface area contributed by atoms with Crippen molar-refractivity contribution < 1.29 is 18.7 Å². The predicted molar refractivity (Wildman–Crippen MR) is 129 cm³/mol. The molecule has 0 spiro atoms. The maximum Gasteiger partial charge on any atom is 0.263 e. The van der Waals surface area contributed by atoms with Gasteiger partial charge in [-0.3, -0.25) is 9.69 Å². The summed E-state index contributed by atoms with van der Waals surface area (Å²) < 4.78 is 17.0. The van der Waals surface area contributed by atoms with Gasteiger partial charge in [0.25, 0.3) is 5.91 Å². The first-order chi connectivity index (χ1) is 16.0. The molecule has 1 aromatic carbocycles. The number of aryl methyl sites for hydroxylation is 2. The van der Waals surface area contributed by atoms with Crippen molar-refractivity contribution in [2.45, 2.75) is 39.3 Å². The van der Waals surface area contributed by atoms with Gasteiger partial charge in [-0.2, -0.15) is 0 Å². The first-order valence-electron chi connectivity index (χ1n) is 11.3. The lowest BCUT2D eigenvalue weighted by molar-refractivity contribution is 0.0392. The van der Waals surface area contributed by atoms with Crippen molar-refractivity contribution in [3.8, 4) is 16.5 Å². The maximum absolute atomic E-state index is 12.8. The molecule has 7 nitrogen and oxygen atoms in total. The van der Waals surface area contributed by atoms with Gasteiger partial charge in [-0.25, -0.2) is 4.98 Å². The van der Waals surface area contributed by atoms with E-state index in [1.54, 1.807) is 0 Å². The number of carbonyl (C=O) groups excluding carboxylic acids is 1. The minimum Gasteiger partial charge on any atom is -0.492 e. The molecule has 33 heavy (non-hydrogen) atoms. The van der Waals surface area contributed by atoms with Crippen molar-refractivity contribution in [2.75, 3.05) is 33.4 Å². The number of ether oxygens (including phenoxy) is 2. The summed E-state index contributed by atoms with van der Waals surface area (Å²) in [4.78, 5) is 20.2. The van der Waals surface area contributed by atoms with Crippen LogP contribution in [0, 0.1) is 13.8 Å². The van der Waals surface area contributed by atoms with Gasteiger partial charge < -0.3 is 19.2 Å². The van der Waals surface area contributed by atoms with E-state index in [0.717, 1.165) is 49.7 Å². The highest BCUT2D eigenvalue weighted by Gasteiger charge is 2.19. The normalized spacial score (nSPS) is 14.5. The maximum atomic E-state index is 12.8. The summed E-state index contributed by atoms with van der Waals surface area (Å²) in [6.45, 7) is 7.33. The number of hydrogen-bond donors (Lipinski definition) is 1. The van der Waals surface area contributed by atoms with Gasteiger partial charge in [0.05, 0.1) is 5.69 Å². The van der Waals surface area contributed by atoms with Gasteiger partial charge in [0.2, 0.25) is 0 Å². The van der Waals surface area contributed by atoms with Crippen molar-refractivity contribution in [3.63, 3.8) is 0 Å².